The van der Waals surface area contributed by atoms with Gasteiger partial charge < -0.3 is 26.2 Å². The summed E-state index contributed by atoms with van der Waals surface area (Å²) in [5.74, 6) is 3.92. The van der Waals surface area contributed by atoms with Gasteiger partial charge in [0.2, 0.25) is 5.91 Å². The minimum Gasteiger partial charge on any atom is -0.477 e. The number of nitrogens with one attached hydrogen (secondary N) is 1. The first-order valence-electron chi connectivity index (χ1n) is 8.43. The second kappa shape index (κ2) is 7.00. The lowest BCUT2D eigenvalue weighted by molar-refractivity contribution is -0.163. The number of aliphatic hydroxyl groups is 1. The van der Waals surface area contributed by atoms with Crippen molar-refractivity contribution < 1.29 is 19.8 Å². The minimum absolute atomic E-state index is 0.0653. The molecule has 136 valence electrons. The molecule has 3 rings (SSSR count). The number of aliphatic hydroxyl groups excluding tert-OH is 1. The molecule has 25 heavy (non-hydrogen) atoms. The van der Waals surface area contributed by atoms with Crippen LogP contribution in [0.4, 0.5) is 0 Å². The number of carboxylic acids is 1. The van der Waals surface area contributed by atoms with Crippen molar-refractivity contribution in [2.45, 2.75) is 43.7 Å². The third-order valence-corrected chi connectivity index (χ3v) is 6.59. The van der Waals surface area contributed by atoms with Crippen molar-refractivity contribution in [2.75, 3.05) is 13.1 Å². The van der Waals surface area contributed by atoms with E-state index in [2.05, 4.69) is 17.2 Å². The second-order valence-corrected chi connectivity index (χ2v) is 8.08. The average molecular weight is 365 g/mol. The molecular formula is C17H23N3O4S. The predicted molar refractivity (Wildman–Crippen MR) is 94.2 cm³/mol. The van der Waals surface area contributed by atoms with Crippen LogP contribution < -0.4 is 11.1 Å². The summed E-state index contributed by atoms with van der Waals surface area (Å²) in [4.78, 5) is 26.2. The van der Waals surface area contributed by atoms with Gasteiger partial charge >= 0.3 is 5.97 Å². The lowest BCUT2D eigenvalue weighted by atomic mass is 9.79. The fourth-order valence-corrected chi connectivity index (χ4v) is 5.42. The molecular weight excluding hydrogens is 342 g/mol. The third-order valence-electron chi connectivity index (χ3n) is 5.07. The predicted octanol–water partition coefficient (Wildman–Crippen LogP) is -0.434. The summed E-state index contributed by atoms with van der Waals surface area (Å²) in [6.45, 7) is 4.57. The Hall–Kier alpha value is -1.53. The van der Waals surface area contributed by atoms with E-state index in [-0.39, 0.29) is 34.9 Å². The van der Waals surface area contributed by atoms with E-state index in [4.69, 9.17) is 5.73 Å². The molecule has 3 heterocycles. The molecule has 1 amide bonds. The summed E-state index contributed by atoms with van der Waals surface area (Å²) in [5, 5.41) is 23.0. The monoisotopic (exact) mass is 365 g/mol. The molecule has 3 aliphatic rings. The molecule has 0 saturated carbocycles. The van der Waals surface area contributed by atoms with E-state index < -0.39 is 18.0 Å². The van der Waals surface area contributed by atoms with E-state index in [1.54, 1.807) is 6.92 Å². The van der Waals surface area contributed by atoms with Crippen molar-refractivity contribution in [3.05, 3.63) is 10.6 Å². The number of β-lactam (4-membered cyclic amide) rings is 1. The van der Waals surface area contributed by atoms with Crippen molar-refractivity contribution in [1.82, 2.24) is 10.2 Å². The Bertz CT molecular complexity index is 681. The Kier molecular flexibility index (Phi) is 5.11. The number of carbonyl (C=O) groups excluding carboxylic acids is 1. The average Bonchev–Trinajstić information content (AvgIpc) is 3.08. The molecule has 0 aliphatic carbocycles. The van der Waals surface area contributed by atoms with Crippen LogP contribution in [0.5, 0.6) is 0 Å². The maximum atomic E-state index is 12.3. The van der Waals surface area contributed by atoms with Gasteiger partial charge in [0.15, 0.2) is 0 Å². The summed E-state index contributed by atoms with van der Waals surface area (Å²) >= 11 is 1.52. The summed E-state index contributed by atoms with van der Waals surface area (Å²) in [7, 11) is 0. The van der Waals surface area contributed by atoms with Crippen molar-refractivity contribution in [3.8, 4) is 11.8 Å². The first-order valence-corrected chi connectivity index (χ1v) is 9.31. The Balaban J connectivity index is 1.78. The number of fused-ring (bicyclic) bond motifs is 1. The zero-order valence-corrected chi connectivity index (χ0v) is 15.0. The zero-order chi connectivity index (χ0) is 18.3. The van der Waals surface area contributed by atoms with E-state index in [1.807, 2.05) is 6.92 Å². The largest absolute Gasteiger partial charge is 0.477 e. The van der Waals surface area contributed by atoms with Crippen LogP contribution in [0.1, 0.15) is 20.3 Å². The lowest BCUT2D eigenvalue weighted by Crippen LogP contribution is -2.63. The normalized spacial score (nSPS) is 35.1. The van der Waals surface area contributed by atoms with Gasteiger partial charge in [-0.3, -0.25) is 4.79 Å². The van der Waals surface area contributed by atoms with Gasteiger partial charge in [-0.1, -0.05) is 18.8 Å². The number of thioether (sulfide) groups is 1. The lowest BCUT2D eigenvalue weighted by Gasteiger charge is -2.46. The number of carboxylic acid groups (broad SMARTS) is 1. The number of amides is 1. The van der Waals surface area contributed by atoms with Crippen LogP contribution in [-0.4, -0.2) is 63.5 Å². The van der Waals surface area contributed by atoms with Gasteiger partial charge in [0.05, 0.1) is 30.7 Å². The Labute approximate surface area is 151 Å². The smallest absolute Gasteiger partial charge is 0.353 e. The third kappa shape index (κ3) is 3.06. The van der Waals surface area contributed by atoms with Crippen LogP contribution in [-0.2, 0) is 9.59 Å². The molecule has 7 nitrogen and oxygen atoms in total. The molecule has 3 aliphatic heterocycles. The summed E-state index contributed by atoms with van der Waals surface area (Å²) in [6.07, 6.45) is 0.0267. The van der Waals surface area contributed by atoms with E-state index in [9.17, 15) is 19.8 Å². The highest BCUT2D eigenvalue weighted by Crippen LogP contribution is 2.51. The zero-order valence-electron chi connectivity index (χ0n) is 14.2. The standard InChI is InChI=1S/C17H23N3O4S/c1-8-13-12(9(2)21)16(22)20(13)14(17(23)24)15(8)25-11-6-10(19-7-11)4-3-5-18/h8-13,19,21H,5-7,18H2,1-2H3,(H,23,24)/t8-,9-,10-,11+,12-,13-/m1/s1. The quantitative estimate of drug-likeness (QED) is 0.394. The van der Waals surface area contributed by atoms with Crippen LogP contribution in [0.2, 0.25) is 0 Å². The number of nitrogens with two attached hydrogens (primary N) is 1. The first-order chi connectivity index (χ1) is 11.9. The molecule has 2 fully saturated rings. The second-order valence-electron chi connectivity index (χ2n) is 6.73. The Morgan fingerprint density at radius 2 is 2.28 bits per heavy atom. The summed E-state index contributed by atoms with van der Waals surface area (Å²) in [6, 6.07) is -0.196. The highest BCUT2D eigenvalue weighted by Gasteiger charge is 2.60. The molecule has 8 heteroatoms. The molecule has 6 atom stereocenters. The van der Waals surface area contributed by atoms with E-state index in [0.29, 0.717) is 6.54 Å². The Morgan fingerprint density at radius 3 is 2.88 bits per heavy atom. The number of hydrogen-bond acceptors (Lipinski definition) is 6. The molecule has 0 bridgehead atoms. The minimum atomic E-state index is -1.08. The molecule has 0 aromatic heterocycles. The highest BCUT2D eigenvalue weighted by molar-refractivity contribution is 8.03. The van der Waals surface area contributed by atoms with E-state index in [0.717, 1.165) is 17.9 Å². The van der Waals surface area contributed by atoms with Crippen LogP contribution >= 0.6 is 11.8 Å². The van der Waals surface area contributed by atoms with Crippen molar-refractivity contribution in [3.63, 3.8) is 0 Å². The van der Waals surface area contributed by atoms with Crippen LogP contribution in [0, 0.1) is 23.7 Å². The van der Waals surface area contributed by atoms with Crippen LogP contribution in [0.15, 0.2) is 10.6 Å². The summed E-state index contributed by atoms with van der Waals surface area (Å²) in [5.41, 5.74) is 5.48. The SMILES string of the molecule is C[C@@H](O)[C@H]1C(=O)N2C(C(=O)O)=C(S[C@@H]3CN[C@H](C#CCN)C3)[C@H](C)[C@H]12. The first kappa shape index (κ1) is 18.3. The number of aliphatic carboxylic acids is 1. The molecule has 0 unspecified atom stereocenters. The molecule has 5 N–H and O–H groups in total. The summed E-state index contributed by atoms with van der Waals surface area (Å²) < 4.78 is 0. The topological polar surface area (TPSA) is 116 Å². The molecule has 0 aromatic rings. The van der Waals surface area contributed by atoms with Gasteiger partial charge in [-0.25, -0.2) is 4.79 Å². The van der Waals surface area contributed by atoms with E-state index >= 15 is 0 Å². The number of nitrogens with zero attached hydrogens (tertiary/aromatic N) is 1. The van der Waals surface area contributed by atoms with Crippen molar-refractivity contribution >= 4 is 23.6 Å². The molecule has 2 saturated heterocycles. The van der Waals surface area contributed by atoms with Crippen molar-refractivity contribution in [2.24, 2.45) is 17.6 Å². The van der Waals surface area contributed by atoms with Gasteiger partial charge in [-0.2, -0.15) is 0 Å². The van der Waals surface area contributed by atoms with Gasteiger partial charge in [-0.15, -0.1) is 11.8 Å². The highest BCUT2D eigenvalue weighted by atomic mass is 32.2. The Morgan fingerprint density at radius 1 is 1.56 bits per heavy atom. The number of carbonyl (C=O) groups is 2. The maximum absolute atomic E-state index is 12.3. The fourth-order valence-electron chi connectivity index (χ4n) is 3.94. The van der Waals surface area contributed by atoms with Crippen LogP contribution in [0.25, 0.3) is 0 Å². The van der Waals surface area contributed by atoms with Gasteiger partial charge in [0, 0.05) is 22.6 Å². The van der Waals surface area contributed by atoms with Crippen molar-refractivity contribution in [1.29, 1.82) is 0 Å². The number of hydrogen-bond donors (Lipinski definition) is 4. The van der Waals surface area contributed by atoms with Gasteiger partial charge in [-0.05, 0) is 13.3 Å². The molecule has 0 spiro atoms. The van der Waals surface area contributed by atoms with Crippen LogP contribution in [0.3, 0.4) is 0 Å². The maximum Gasteiger partial charge on any atom is 0.353 e. The fraction of sp³-hybridized carbons (Fsp3) is 0.647. The van der Waals surface area contributed by atoms with Gasteiger partial charge in [0.25, 0.3) is 0 Å². The van der Waals surface area contributed by atoms with Gasteiger partial charge in [0.1, 0.15) is 5.70 Å². The molecule has 0 radical (unpaired) electrons. The van der Waals surface area contributed by atoms with E-state index in [1.165, 1.54) is 16.7 Å². The molecule has 0 aromatic carbocycles. The number of rotatable bonds is 4.